The van der Waals surface area contributed by atoms with Crippen LogP contribution >= 0.6 is 0 Å². The van der Waals surface area contributed by atoms with E-state index in [1.54, 1.807) is 0 Å². The number of benzene rings is 2. The minimum absolute atomic E-state index is 0.0665. The summed E-state index contributed by atoms with van der Waals surface area (Å²) in [5, 5.41) is 15.6. The zero-order valence-corrected chi connectivity index (χ0v) is 18.4. The predicted molar refractivity (Wildman–Crippen MR) is 119 cm³/mol. The lowest BCUT2D eigenvalue weighted by atomic mass is 9.80. The summed E-state index contributed by atoms with van der Waals surface area (Å²) >= 11 is 0. The number of nitrogens with one attached hydrogen (secondary N) is 2. The fourth-order valence-electron chi connectivity index (χ4n) is 4.87. The summed E-state index contributed by atoms with van der Waals surface area (Å²) in [4.78, 5) is 14.6. The molecule has 2 aromatic carbocycles. The van der Waals surface area contributed by atoms with Gasteiger partial charge in [-0.1, -0.05) is 42.5 Å². The highest BCUT2D eigenvalue weighted by atomic mass is 19.4. The summed E-state index contributed by atoms with van der Waals surface area (Å²) in [7, 11) is 0. The highest BCUT2D eigenvalue weighted by Gasteiger charge is 2.35. The number of likely N-dealkylation sites (tertiary alicyclic amines) is 1. The number of hydrogen-bond acceptors (Lipinski definition) is 4. The van der Waals surface area contributed by atoms with Crippen molar-refractivity contribution in [2.24, 2.45) is 0 Å². The predicted octanol–water partition coefficient (Wildman–Crippen LogP) is 3.81. The van der Waals surface area contributed by atoms with Gasteiger partial charge in [0.05, 0.1) is 18.2 Å². The maximum Gasteiger partial charge on any atom is 0.416 e. The molecule has 1 saturated heterocycles. The van der Waals surface area contributed by atoms with Gasteiger partial charge >= 0.3 is 6.18 Å². The second-order valence-corrected chi connectivity index (χ2v) is 9.04. The summed E-state index contributed by atoms with van der Waals surface area (Å²) in [5.41, 5.74) is 0.653. The van der Waals surface area contributed by atoms with Crippen LogP contribution in [0, 0.1) is 0 Å². The lowest BCUT2D eigenvalue weighted by Gasteiger charge is -2.46. The van der Waals surface area contributed by atoms with Crippen molar-refractivity contribution in [3.05, 3.63) is 71.3 Å². The molecule has 2 fully saturated rings. The van der Waals surface area contributed by atoms with Crippen LogP contribution < -0.4 is 10.6 Å². The van der Waals surface area contributed by atoms with E-state index in [9.17, 15) is 23.1 Å². The monoisotopic (exact) mass is 461 g/mol. The molecule has 1 aliphatic carbocycles. The lowest BCUT2D eigenvalue weighted by Crippen LogP contribution is -2.63. The lowest BCUT2D eigenvalue weighted by molar-refractivity contribution is -0.137. The first-order chi connectivity index (χ1) is 15.8. The Morgan fingerprint density at radius 3 is 2.39 bits per heavy atom. The molecule has 2 aliphatic rings. The molecule has 4 rings (SSSR count). The van der Waals surface area contributed by atoms with Crippen molar-refractivity contribution in [2.75, 3.05) is 19.6 Å². The van der Waals surface area contributed by atoms with Crippen LogP contribution in [0.3, 0.4) is 0 Å². The quantitative estimate of drug-likeness (QED) is 0.549. The van der Waals surface area contributed by atoms with E-state index in [0.29, 0.717) is 12.0 Å². The van der Waals surface area contributed by atoms with E-state index < -0.39 is 18.0 Å². The van der Waals surface area contributed by atoms with Gasteiger partial charge in [-0.2, -0.15) is 13.2 Å². The molecule has 3 N–H and O–H groups in total. The molecule has 1 aliphatic heterocycles. The number of halogens is 3. The number of carbonyl (C=O) groups is 1. The van der Waals surface area contributed by atoms with Gasteiger partial charge in [-0.25, -0.2) is 0 Å². The maximum atomic E-state index is 12.8. The zero-order chi connectivity index (χ0) is 23.4. The number of carbonyl (C=O) groups excluding carboxylic acids is 1. The molecule has 0 radical (unpaired) electrons. The van der Waals surface area contributed by atoms with Crippen molar-refractivity contribution in [3.8, 4) is 0 Å². The third-order valence-corrected chi connectivity index (χ3v) is 6.74. The number of rotatable bonds is 7. The summed E-state index contributed by atoms with van der Waals surface area (Å²) in [6.07, 6.45) is -1.16. The summed E-state index contributed by atoms with van der Waals surface area (Å²) < 4.78 is 38.5. The Kier molecular flexibility index (Phi) is 7.36. The minimum Gasteiger partial charge on any atom is -0.374 e. The number of aliphatic hydroxyl groups excluding tert-OH is 1. The normalized spacial score (nSPS) is 23.0. The smallest absolute Gasteiger partial charge is 0.374 e. The van der Waals surface area contributed by atoms with Crippen LogP contribution in [0.15, 0.2) is 54.6 Å². The topological polar surface area (TPSA) is 64.6 Å². The Balaban J connectivity index is 1.15. The summed E-state index contributed by atoms with van der Waals surface area (Å²) in [6.45, 7) is 1.45. The maximum absolute atomic E-state index is 12.8. The first-order valence-corrected chi connectivity index (χ1v) is 11.5. The molecular formula is C25H30F3N3O2. The van der Waals surface area contributed by atoms with E-state index in [-0.39, 0.29) is 24.1 Å². The average Bonchev–Trinajstić information content (AvgIpc) is 2.80. The molecule has 0 bridgehead atoms. The first-order valence-electron chi connectivity index (χ1n) is 11.5. The van der Waals surface area contributed by atoms with Crippen molar-refractivity contribution < 1.29 is 23.1 Å². The van der Waals surface area contributed by atoms with Gasteiger partial charge in [0.1, 0.15) is 6.23 Å². The SMILES string of the molecule is O=C(CNC(O)c1cccc(C(F)(F)F)c1)NC1CN(C2CCC(c3ccccc3)CC2)C1. The van der Waals surface area contributed by atoms with Crippen molar-refractivity contribution in [1.82, 2.24) is 15.5 Å². The first kappa shape index (κ1) is 23.7. The second kappa shape index (κ2) is 10.2. The molecule has 5 nitrogen and oxygen atoms in total. The Morgan fingerprint density at radius 2 is 1.73 bits per heavy atom. The molecule has 0 aromatic heterocycles. The molecule has 178 valence electrons. The Morgan fingerprint density at radius 1 is 1.03 bits per heavy atom. The van der Waals surface area contributed by atoms with Crippen LogP contribution in [0.4, 0.5) is 13.2 Å². The number of nitrogens with zero attached hydrogens (tertiary/aromatic N) is 1. The van der Waals surface area contributed by atoms with Crippen molar-refractivity contribution in [2.45, 2.75) is 56.1 Å². The molecule has 33 heavy (non-hydrogen) atoms. The number of amides is 1. The third-order valence-electron chi connectivity index (χ3n) is 6.74. The molecule has 1 heterocycles. The van der Waals surface area contributed by atoms with Crippen LogP contribution in [0.2, 0.25) is 0 Å². The van der Waals surface area contributed by atoms with Gasteiger partial charge in [0.25, 0.3) is 0 Å². The molecule has 0 spiro atoms. The largest absolute Gasteiger partial charge is 0.416 e. The third kappa shape index (κ3) is 6.13. The van der Waals surface area contributed by atoms with Gasteiger partial charge in [0, 0.05) is 19.1 Å². The molecule has 1 unspecified atom stereocenters. The van der Waals surface area contributed by atoms with Gasteiger partial charge in [0.2, 0.25) is 5.91 Å². The van der Waals surface area contributed by atoms with E-state index in [0.717, 1.165) is 38.1 Å². The minimum atomic E-state index is -4.48. The van der Waals surface area contributed by atoms with Crippen molar-refractivity contribution >= 4 is 5.91 Å². The summed E-state index contributed by atoms with van der Waals surface area (Å²) in [5.74, 6) is 0.354. The van der Waals surface area contributed by atoms with E-state index in [1.807, 2.05) is 6.07 Å². The van der Waals surface area contributed by atoms with E-state index in [2.05, 4.69) is 39.8 Å². The van der Waals surface area contributed by atoms with Gasteiger partial charge in [-0.15, -0.1) is 0 Å². The molecule has 1 saturated carbocycles. The van der Waals surface area contributed by atoms with Gasteiger partial charge in [-0.05, 0) is 54.9 Å². The average molecular weight is 462 g/mol. The van der Waals surface area contributed by atoms with Crippen molar-refractivity contribution in [3.63, 3.8) is 0 Å². The number of alkyl halides is 3. The number of hydrogen-bond donors (Lipinski definition) is 3. The highest BCUT2D eigenvalue weighted by molar-refractivity contribution is 5.78. The fraction of sp³-hybridized carbons (Fsp3) is 0.480. The Labute approximate surface area is 192 Å². The van der Waals surface area contributed by atoms with Crippen LogP contribution in [0.1, 0.15) is 54.5 Å². The van der Waals surface area contributed by atoms with Crippen LogP contribution in [0.5, 0.6) is 0 Å². The zero-order valence-electron chi connectivity index (χ0n) is 18.4. The van der Waals surface area contributed by atoms with Gasteiger partial charge in [0.15, 0.2) is 0 Å². The van der Waals surface area contributed by atoms with Crippen LogP contribution in [-0.2, 0) is 11.0 Å². The van der Waals surface area contributed by atoms with Gasteiger partial charge in [-0.3, -0.25) is 15.0 Å². The van der Waals surface area contributed by atoms with Gasteiger partial charge < -0.3 is 10.4 Å². The molecule has 1 atom stereocenters. The molecule has 1 amide bonds. The second-order valence-electron chi connectivity index (χ2n) is 9.04. The van der Waals surface area contributed by atoms with E-state index in [4.69, 9.17) is 0 Å². The van der Waals surface area contributed by atoms with E-state index >= 15 is 0 Å². The van der Waals surface area contributed by atoms with E-state index in [1.165, 1.54) is 30.5 Å². The fourth-order valence-corrected chi connectivity index (χ4v) is 4.87. The van der Waals surface area contributed by atoms with Crippen LogP contribution in [-0.4, -0.2) is 47.6 Å². The standard InChI is InChI=1S/C25H30F3N3O2/c26-25(27,28)20-8-4-7-19(13-20)24(33)29-14-23(32)30-21-15-31(16-21)22-11-9-18(10-12-22)17-5-2-1-3-6-17/h1-8,13,18,21-22,24,29,33H,9-12,14-16H2,(H,30,32). The van der Waals surface area contributed by atoms with Crippen LogP contribution in [0.25, 0.3) is 0 Å². The Bertz CT molecular complexity index is 924. The molecule has 8 heteroatoms. The van der Waals surface area contributed by atoms with Crippen molar-refractivity contribution in [1.29, 1.82) is 0 Å². The molecule has 2 aromatic rings. The highest BCUT2D eigenvalue weighted by Crippen LogP contribution is 2.36. The molecular weight excluding hydrogens is 431 g/mol. The number of aliphatic hydroxyl groups is 1. The summed E-state index contributed by atoms with van der Waals surface area (Å²) in [6, 6.07) is 15.7. The Hall–Kier alpha value is -2.42.